The molecule has 10 rings (SSSR count). The van der Waals surface area contributed by atoms with E-state index in [4.69, 9.17) is 19.7 Å². The van der Waals surface area contributed by atoms with Crippen molar-refractivity contribution in [3.63, 3.8) is 0 Å². The number of ether oxygens (including phenoxy) is 1. The predicted molar refractivity (Wildman–Crippen MR) is 298 cm³/mol. The number of fused-ring (bicyclic) bond motifs is 4. The van der Waals surface area contributed by atoms with Gasteiger partial charge in [0, 0.05) is 62.4 Å². The van der Waals surface area contributed by atoms with Gasteiger partial charge in [-0.15, -0.1) is 11.3 Å². The number of thiazole rings is 1. The van der Waals surface area contributed by atoms with E-state index in [0.717, 1.165) is 109 Å². The summed E-state index contributed by atoms with van der Waals surface area (Å²) in [7, 11) is 0. The summed E-state index contributed by atoms with van der Waals surface area (Å²) in [6.45, 7) is 15.1. The van der Waals surface area contributed by atoms with E-state index in [1.807, 2.05) is 82.6 Å². The Morgan fingerprint density at radius 1 is 0.974 bits per heavy atom. The Morgan fingerprint density at radius 2 is 1.75 bits per heavy atom. The van der Waals surface area contributed by atoms with E-state index in [9.17, 15) is 24.6 Å². The van der Waals surface area contributed by atoms with E-state index in [0.29, 0.717) is 41.9 Å². The fourth-order valence-corrected chi connectivity index (χ4v) is 12.8. The molecule has 4 fully saturated rings. The van der Waals surface area contributed by atoms with Crippen LogP contribution in [-0.2, 0) is 20.8 Å². The molecule has 77 heavy (non-hydrogen) atoms. The summed E-state index contributed by atoms with van der Waals surface area (Å²) < 4.78 is 23.7. The third-order valence-corrected chi connectivity index (χ3v) is 17.1. The molecule has 4 aliphatic rings. The number of nitrogens with zero attached hydrogens (tertiary/aromatic N) is 7. The number of hydrogen-bond donors (Lipinski definition) is 5. The normalized spacial score (nSPS) is 21.5. The number of carbonyl (C=O) groups excluding carboxylic acids is 3. The molecule has 0 aliphatic carbocycles. The highest BCUT2D eigenvalue weighted by Gasteiger charge is 2.45. The summed E-state index contributed by atoms with van der Waals surface area (Å²) >= 11 is 1.58. The van der Waals surface area contributed by atoms with Crippen LogP contribution >= 0.6 is 11.3 Å². The van der Waals surface area contributed by atoms with Gasteiger partial charge in [0.1, 0.15) is 41.5 Å². The molecule has 408 valence electrons. The van der Waals surface area contributed by atoms with Crippen molar-refractivity contribution in [1.29, 1.82) is 0 Å². The lowest BCUT2D eigenvalue weighted by Gasteiger charge is -2.35. The zero-order valence-electron chi connectivity index (χ0n) is 45.2. The molecule has 16 nitrogen and oxygen atoms in total. The van der Waals surface area contributed by atoms with Crippen molar-refractivity contribution >= 4 is 56.6 Å². The number of aromatic nitrogens is 4. The van der Waals surface area contributed by atoms with E-state index >= 15 is 4.39 Å². The Labute approximate surface area is 454 Å². The molecule has 3 aromatic carbocycles. The number of piperazine rings is 1. The highest BCUT2D eigenvalue weighted by Crippen LogP contribution is 2.40. The number of nitrogens with one attached hydrogen (secondary N) is 3. The number of aliphatic hydroxyl groups is 1. The van der Waals surface area contributed by atoms with E-state index in [2.05, 4.69) is 37.7 Å². The maximum absolute atomic E-state index is 17.2. The van der Waals surface area contributed by atoms with Gasteiger partial charge in [0.2, 0.25) is 17.7 Å². The Bertz CT molecular complexity index is 3120. The van der Waals surface area contributed by atoms with Crippen LogP contribution in [0, 0.1) is 18.2 Å². The number of aromatic hydroxyl groups is 1. The Balaban J connectivity index is 0.747. The minimum atomic E-state index is -0.904. The summed E-state index contributed by atoms with van der Waals surface area (Å²) in [4.78, 5) is 67.6. The van der Waals surface area contributed by atoms with Crippen LogP contribution in [0.1, 0.15) is 115 Å². The highest BCUT2D eigenvalue weighted by molar-refractivity contribution is 7.13. The molecule has 0 spiro atoms. The Hall–Kier alpha value is -6.34. The number of phenols is 1. The van der Waals surface area contributed by atoms with Crippen molar-refractivity contribution in [1.82, 2.24) is 45.7 Å². The molecular formula is C59H73FN10O6S. The van der Waals surface area contributed by atoms with Crippen molar-refractivity contribution in [3.05, 3.63) is 88.9 Å². The zero-order chi connectivity index (χ0) is 54.1. The number of likely N-dealkylation sites (tertiary alicyclic amines) is 2. The Morgan fingerprint density at radius 3 is 2.48 bits per heavy atom. The fourth-order valence-electron chi connectivity index (χ4n) is 12.0. The first-order chi connectivity index (χ1) is 37.0. The first-order valence-corrected chi connectivity index (χ1v) is 28.5. The quantitative estimate of drug-likeness (QED) is 0.0515. The second-order valence-corrected chi connectivity index (χ2v) is 23.6. The summed E-state index contributed by atoms with van der Waals surface area (Å²) in [5.41, 5.74) is 5.86. The average molecular weight is 1070 g/mol. The molecule has 6 aromatic rings. The average Bonchev–Trinajstić information content (AvgIpc) is 4.24. The lowest BCUT2D eigenvalue weighted by molar-refractivity contribution is -0.144. The van der Waals surface area contributed by atoms with Gasteiger partial charge >= 0.3 is 6.01 Å². The monoisotopic (exact) mass is 1070 g/mol. The van der Waals surface area contributed by atoms with Gasteiger partial charge in [-0.25, -0.2) is 9.37 Å². The van der Waals surface area contributed by atoms with Crippen molar-refractivity contribution in [3.8, 4) is 33.5 Å². The standard InChI is InChI=1S/C59H73FN10O6S/c1-7-36-13-11-14-39-25-43(71)26-45(49(36)39)51-50(60)52-46(28-61-51)55(69-29-40-21-22-41(30-69)64-40)67-58(66-52)76-32-42-15-12-24-68(42)23-10-8-9-16-48(73)65-54(59(4,5)6)57(75)70-31-44(72)27-47(70)56(74)63-34(2)37-17-19-38(20-18-37)53-35(3)62-33-77-53/h11,13-14,17-20,25-26,28,33-34,40-42,44,47,54,64,71-72H,7-10,12,15-16,21-24,27,29-32H2,1-6H3,(H,63,74)(H,65,73). The van der Waals surface area contributed by atoms with Crippen LogP contribution in [-0.4, -0.2) is 133 Å². The maximum Gasteiger partial charge on any atom is 0.319 e. The van der Waals surface area contributed by atoms with Crippen LogP contribution in [0.3, 0.4) is 0 Å². The number of carbonyl (C=O) groups is 3. The second kappa shape index (κ2) is 22.9. The van der Waals surface area contributed by atoms with Crippen LogP contribution in [0.15, 0.2) is 66.3 Å². The fraction of sp³-hybridized carbons (Fsp3) is 0.508. The summed E-state index contributed by atoms with van der Waals surface area (Å²) in [5, 5.41) is 33.5. The molecule has 4 saturated heterocycles. The molecule has 5 N–H and O–H groups in total. The van der Waals surface area contributed by atoms with Crippen LogP contribution in [0.5, 0.6) is 11.8 Å². The van der Waals surface area contributed by atoms with Crippen molar-refractivity contribution in [2.45, 2.75) is 148 Å². The smallest absolute Gasteiger partial charge is 0.319 e. The number of pyridine rings is 1. The number of aryl methyl sites for hydroxylation is 2. The summed E-state index contributed by atoms with van der Waals surface area (Å²) in [6, 6.07) is 15.8. The van der Waals surface area contributed by atoms with E-state index < -0.39 is 29.4 Å². The minimum absolute atomic E-state index is 0.00303. The largest absolute Gasteiger partial charge is 0.508 e. The van der Waals surface area contributed by atoms with Crippen LogP contribution < -0.4 is 25.6 Å². The van der Waals surface area contributed by atoms with E-state index in [1.165, 1.54) is 4.90 Å². The van der Waals surface area contributed by atoms with E-state index in [-0.39, 0.29) is 72.2 Å². The number of rotatable bonds is 18. The number of amides is 3. The number of β-amino-alcohol motifs (C(OH)–C–C–N with tert-alkyl or cyclic N) is 1. The Kier molecular flexibility index (Phi) is 16.1. The molecule has 7 atom stereocenters. The number of phenolic OH excluding ortho intramolecular Hbond substituents is 1. The molecule has 0 saturated carbocycles. The van der Waals surface area contributed by atoms with Gasteiger partial charge < -0.3 is 40.7 Å². The molecule has 7 heterocycles. The third-order valence-electron chi connectivity index (χ3n) is 16.2. The van der Waals surface area contributed by atoms with Gasteiger partial charge in [0.25, 0.3) is 0 Å². The summed E-state index contributed by atoms with van der Waals surface area (Å²) in [6.07, 6.45) is 8.22. The van der Waals surface area contributed by atoms with Crippen LogP contribution in [0.2, 0.25) is 0 Å². The molecule has 3 amide bonds. The predicted octanol–water partition coefficient (Wildman–Crippen LogP) is 8.40. The zero-order valence-corrected chi connectivity index (χ0v) is 46.0. The highest BCUT2D eigenvalue weighted by atomic mass is 32.1. The molecule has 3 aromatic heterocycles. The van der Waals surface area contributed by atoms with Gasteiger partial charge in [-0.05, 0) is 117 Å². The number of aliphatic hydroxyl groups excluding tert-OH is 1. The molecule has 2 bridgehead atoms. The number of anilines is 1. The van der Waals surface area contributed by atoms with Crippen molar-refractivity contribution in [2.24, 2.45) is 5.41 Å². The SMILES string of the molecule is CCc1cccc2cc(O)cc(-c3ncc4c(N5CC6CCC(C5)N6)nc(OCC5CCCN5CCCCCC(=O)NC(C(=O)N5CC(O)CC5C(=O)NC(C)c5ccc(-c6scnc6C)cc5)C(C)(C)C)nc4c3F)c12. The van der Waals surface area contributed by atoms with Gasteiger partial charge in [0.15, 0.2) is 5.82 Å². The molecular weight excluding hydrogens is 996 g/mol. The van der Waals surface area contributed by atoms with Gasteiger partial charge in [-0.3, -0.25) is 24.3 Å². The molecule has 18 heteroatoms. The summed E-state index contributed by atoms with van der Waals surface area (Å²) in [5.74, 6) is -0.924. The molecule has 4 aliphatic heterocycles. The topological polar surface area (TPSA) is 198 Å². The van der Waals surface area contributed by atoms with Gasteiger partial charge in [-0.2, -0.15) is 9.97 Å². The van der Waals surface area contributed by atoms with Crippen LogP contribution in [0.25, 0.3) is 43.4 Å². The molecule has 7 unspecified atom stereocenters. The number of unbranched alkanes of at least 4 members (excludes halogenated alkanes) is 2. The number of hydrogen-bond acceptors (Lipinski definition) is 14. The maximum atomic E-state index is 17.2. The lowest BCUT2D eigenvalue weighted by Crippen LogP contribution is -2.57. The van der Waals surface area contributed by atoms with Gasteiger partial charge in [0.05, 0.1) is 33.6 Å². The minimum Gasteiger partial charge on any atom is -0.508 e. The number of halogens is 1. The third kappa shape index (κ3) is 11.8. The second-order valence-electron chi connectivity index (χ2n) is 22.8. The first-order valence-electron chi connectivity index (χ1n) is 27.6. The first kappa shape index (κ1) is 54.0. The number of benzene rings is 3. The van der Waals surface area contributed by atoms with E-state index in [1.54, 1.807) is 29.7 Å². The lowest BCUT2D eigenvalue weighted by atomic mass is 9.85. The van der Waals surface area contributed by atoms with Crippen molar-refractivity contribution in [2.75, 3.05) is 44.2 Å². The van der Waals surface area contributed by atoms with Crippen LogP contribution in [0.4, 0.5) is 10.2 Å². The van der Waals surface area contributed by atoms with Gasteiger partial charge in [-0.1, -0.05) is 76.6 Å². The molecule has 0 radical (unpaired) electrons. The van der Waals surface area contributed by atoms with Crippen molar-refractivity contribution < 1.29 is 33.7 Å².